The van der Waals surface area contributed by atoms with Crippen LogP contribution in [0.15, 0.2) is 12.4 Å². The fraction of sp³-hybridized carbons (Fsp3) is 0.417. The lowest BCUT2D eigenvalue weighted by Crippen LogP contribution is -2.07. The van der Waals surface area contributed by atoms with Crippen LogP contribution in [-0.4, -0.2) is 19.7 Å². The van der Waals surface area contributed by atoms with Gasteiger partial charge in [0.15, 0.2) is 0 Å². The smallest absolute Gasteiger partial charge is 0.139 e. The molecule has 0 unspecified atom stereocenters. The first-order valence-electron chi connectivity index (χ1n) is 5.87. The molecule has 0 spiro atoms. The van der Waals surface area contributed by atoms with E-state index in [-0.39, 0.29) is 5.92 Å². The molecule has 0 aliphatic carbocycles. The SMILES string of the molecule is Cc1c(N)nc(C(C)C)nc1Nc1cnn(C)c1. The van der Waals surface area contributed by atoms with E-state index in [9.17, 15) is 0 Å². The van der Waals surface area contributed by atoms with E-state index in [1.807, 2.05) is 34.0 Å². The molecule has 0 atom stereocenters. The Kier molecular flexibility index (Phi) is 3.18. The Morgan fingerprint density at radius 1 is 1.33 bits per heavy atom. The molecule has 0 saturated heterocycles. The van der Waals surface area contributed by atoms with Crippen LogP contribution < -0.4 is 11.1 Å². The van der Waals surface area contributed by atoms with Gasteiger partial charge in [-0.25, -0.2) is 9.97 Å². The molecule has 0 aromatic carbocycles. The fourth-order valence-corrected chi connectivity index (χ4v) is 1.55. The number of rotatable bonds is 3. The van der Waals surface area contributed by atoms with Crippen molar-refractivity contribution in [3.8, 4) is 0 Å². The van der Waals surface area contributed by atoms with E-state index in [0.29, 0.717) is 5.82 Å². The second-order valence-corrected chi connectivity index (χ2v) is 4.62. The van der Waals surface area contributed by atoms with Crippen molar-refractivity contribution in [1.29, 1.82) is 0 Å². The Hall–Kier alpha value is -2.11. The van der Waals surface area contributed by atoms with Crippen LogP contribution >= 0.6 is 0 Å². The summed E-state index contributed by atoms with van der Waals surface area (Å²) in [6, 6.07) is 0. The van der Waals surface area contributed by atoms with Crippen molar-refractivity contribution >= 4 is 17.3 Å². The number of nitrogens with two attached hydrogens (primary N) is 1. The van der Waals surface area contributed by atoms with Gasteiger partial charge >= 0.3 is 0 Å². The largest absolute Gasteiger partial charge is 0.383 e. The Labute approximate surface area is 106 Å². The zero-order chi connectivity index (χ0) is 13.3. The van der Waals surface area contributed by atoms with E-state index in [4.69, 9.17) is 5.73 Å². The van der Waals surface area contributed by atoms with Crippen LogP contribution in [0.1, 0.15) is 31.2 Å². The third kappa shape index (κ3) is 2.42. The third-order valence-corrected chi connectivity index (χ3v) is 2.68. The van der Waals surface area contributed by atoms with Gasteiger partial charge in [-0.2, -0.15) is 5.10 Å². The van der Waals surface area contributed by atoms with Gasteiger partial charge in [-0.1, -0.05) is 13.8 Å². The molecule has 0 amide bonds. The second kappa shape index (κ2) is 4.64. The lowest BCUT2D eigenvalue weighted by molar-refractivity contribution is 0.768. The number of nitrogens with one attached hydrogen (secondary N) is 1. The van der Waals surface area contributed by atoms with E-state index in [1.165, 1.54) is 0 Å². The zero-order valence-corrected chi connectivity index (χ0v) is 11.1. The molecule has 0 fully saturated rings. The van der Waals surface area contributed by atoms with Crippen molar-refractivity contribution in [1.82, 2.24) is 19.7 Å². The Morgan fingerprint density at radius 2 is 2.06 bits per heavy atom. The summed E-state index contributed by atoms with van der Waals surface area (Å²) < 4.78 is 1.73. The van der Waals surface area contributed by atoms with Crippen LogP contribution in [-0.2, 0) is 7.05 Å². The molecular weight excluding hydrogens is 228 g/mol. The van der Waals surface area contributed by atoms with E-state index >= 15 is 0 Å². The number of hydrogen-bond donors (Lipinski definition) is 2. The lowest BCUT2D eigenvalue weighted by Gasteiger charge is -2.12. The minimum atomic E-state index is 0.238. The average Bonchev–Trinajstić information content (AvgIpc) is 2.70. The van der Waals surface area contributed by atoms with Crippen LogP contribution in [0.3, 0.4) is 0 Å². The molecular formula is C12H18N6. The first kappa shape index (κ1) is 12.3. The summed E-state index contributed by atoms with van der Waals surface area (Å²) in [4.78, 5) is 8.78. The maximum Gasteiger partial charge on any atom is 0.139 e. The summed E-state index contributed by atoms with van der Waals surface area (Å²) in [7, 11) is 1.87. The van der Waals surface area contributed by atoms with Crippen LogP contribution in [0, 0.1) is 6.92 Å². The Morgan fingerprint density at radius 3 is 2.61 bits per heavy atom. The van der Waals surface area contributed by atoms with Gasteiger partial charge in [-0.3, -0.25) is 4.68 Å². The molecule has 2 aromatic heterocycles. The topological polar surface area (TPSA) is 81.7 Å². The molecule has 2 aromatic rings. The number of hydrogen-bond acceptors (Lipinski definition) is 5. The highest BCUT2D eigenvalue weighted by atomic mass is 15.3. The number of anilines is 3. The standard InChI is InChI=1S/C12H18N6/c1-7(2)11-16-10(13)8(3)12(17-11)15-9-5-14-18(4)6-9/h5-7H,1-4H3,(H3,13,15,16,17). The summed E-state index contributed by atoms with van der Waals surface area (Å²) in [5.74, 6) is 2.23. The van der Waals surface area contributed by atoms with Gasteiger partial charge in [0.2, 0.25) is 0 Å². The summed E-state index contributed by atoms with van der Waals surface area (Å²) in [6.45, 7) is 5.98. The van der Waals surface area contributed by atoms with Crippen molar-refractivity contribution < 1.29 is 0 Å². The molecule has 6 nitrogen and oxygen atoms in total. The predicted molar refractivity (Wildman–Crippen MR) is 71.8 cm³/mol. The quantitative estimate of drug-likeness (QED) is 0.865. The van der Waals surface area contributed by atoms with Crippen molar-refractivity contribution in [2.24, 2.45) is 7.05 Å². The zero-order valence-electron chi connectivity index (χ0n) is 11.1. The molecule has 2 heterocycles. The van der Waals surface area contributed by atoms with Gasteiger partial charge in [0.25, 0.3) is 0 Å². The molecule has 0 aliphatic heterocycles. The number of aryl methyl sites for hydroxylation is 1. The van der Waals surface area contributed by atoms with Gasteiger partial charge in [0, 0.05) is 24.7 Å². The molecule has 18 heavy (non-hydrogen) atoms. The van der Waals surface area contributed by atoms with Gasteiger partial charge in [0.1, 0.15) is 17.5 Å². The van der Waals surface area contributed by atoms with Crippen LogP contribution in [0.2, 0.25) is 0 Å². The monoisotopic (exact) mass is 246 g/mol. The lowest BCUT2D eigenvalue weighted by atomic mass is 10.2. The summed E-state index contributed by atoms with van der Waals surface area (Å²) >= 11 is 0. The molecule has 3 N–H and O–H groups in total. The average molecular weight is 246 g/mol. The highest BCUT2D eigenvalue weighted by Gasteiger charge is 2.11. The minimum Gasteiger partial charge on any atom is -0.383 e. The van der Waals surface area contributed by atoms with Gasteiger partial charge in [0.05, 0.1) is 11.9 Å². The van der Waals surface area contributed by atoms with E-state index in [2.05, 4.69) is 20.4 Å². The molecule has 0 bridgehead atoms. The molecule has 0 saturated carbocycles. The van der Waals surface area contributed by atoms with E-state index in [0.717, 1.165) is 22.9 Å². The Balaban J connectivity index is 2.37. The number of aromatic nitrogens is 4. The van der Waals surface area contributed by atoms with Gasteiger partial charge in [-0.05, 0) is 6.92 Å². The molecule has 0 radical (unpaired) electrons. The van der Waals surface area contributed by atoms with Gasteiger partial charge in [-0.15, -0.1) is 0 Å². The van der Waals surface area contributed by atoms with Crippen molar-refractivity contribution in [2.75, 3.05) is 11.1 Å². The normalized spacial score (nSPS) is 10.9. The van der Waals surface area contributed by atoms with Crippen molar-refractivity contribution in [3.63, 3.8) is 0 Å². The van der Waals surface area contributed by atoms with Crippen molar-refractivity contribution in [3.05, 3.63) is 23.8 Å². The highest BCUT2D eigenvalue weighted by molar-refractivity contribution is 5.62. The molecule has 2 rings (SSSR count). The van der Waals surface area contributed by atoms with E-state index < -0.39 is 0 Å². The first-order valence-corrected chi connectivity index (χ1v) is 5.87. The van der Waals surface area contributed by atoms with Crippen molar-refractivity contribution in [2.45, 2.75) is 26.7 Å². The summed E-state index contributed by atoms with van der Waals surface area (Å²) in [5, 5.41) is 7.32. The van der Waals surface area contributed by atoms with E-state index in [1.54, 1.807) is 10.9 Å². The van der Waals surface area contributed by atoms with Crippen LogP contribution in [0.5, 0.6) is 0 Å². The minimum absolute atomic E-state index is 0.238. The molecule has 96 valence electrons. The third-order valence-electron chi connectivity index (χ3n) is 2.68. The molecule has 0 aliphatic rings. The summed E-state index contributed by atoms with van der Waals surface area (Å²) in [6.07, 6.45) is 3.62. The second-order valence-electron chi connectivity index (χ2n) is 4.62. The first-order chi connectivity index (χ1) is 8.47. The predicted octanol–water partition coefficient (Wildman–Crippen LogP) is 1.97. The van der Waals surface area contributed by atoms with Crippen LogP contribution in [0.4, 0.5) is 17.3 Å². The maximum atomic E-state index is 5.91. The summed E-state index contributed by atoms with van der Waals surface area (Å²) in [5.41, 5.74) is 7.64. The number of nitrogens with zero attached hydrogens (tertiary/aromatic N) is 4. The highest BCUT2D eigenvalue weighted by Crippen LogP contribution is 2.23. The van der Waals surface area contributed by atoms with Gasteiger partial charge < -0.3 is 11.1 Å². The van der Waals surface area contributed by atoms with Crippen LogP contribution in [0.25, 0.3) is 0 Å². The number of nitrogen functional groups attached to an aromatic ring is 1. The molecule has 6 heteroatoms. The maximum absolute atomic E-state index is 5.91. The fourth-order valence-electron chi connectivity index (χ4n) is 1.55. The Bertz CT molecular complexity index is 558.